The highest BCUT2D eigenvalue weighted by molar-refractivity contribution is 7.95. The van der Waals surface area contributed by atoms with E-state index in [2.05, 4.69) is 6.58 Å². The molecule has 0 atom stereocenters. The predicted octanol–water partition coefficient (Wildman–Crippen LogP) is 2.69. The van der Waals surface area contributed by atoms with Crippen molar-refractivity contribution in [1.82, 2.24) is 0 Å². The molecular weight excluding hydrogens is 208 g/mol. The molecule has 1 aliphatic rings. The molecular formula is C12H12O2S. The molecule has 1 aromatic rings. The molecule has 0 radical (unpaired) electrons. The lowest BCUT2D eigenvalue weighted by atomic mass is 10.3. The van der Waals surface area contributed by atoms with E-state index in [-0.39, 0.29) is 0 Å². The number of sulfone groups is 1. The molecule has 2 rings (SSSR count). The van der Waals surface area contributed by atoms with E-state index in [1.807, 2.05) is 0 Å². The lowest BCUT2D eigenvalue weighted by molar-refractivity contribution is 0.602. The van der Waals surface area contributed by atoms with Crippen LogP contribution in [0.25, 0.3) is 0 Å². The van der Waals surface area contributed by atoms with Gasteiger partial charge < -0.3 is 0 Å². The molecule has 0 bridgehead atoms. The topological polar surface area (TPSA) is 34.1 Å². The minimum Gasteiger partial charge on any atom is -0.219 e. The second-order valence-corrected chi connectivity index (χ2v) is 5.45. The Bertz CT molecular complexity index is 510. The fourth-order valence-corrected chi connectivity index (χ4v) is 3.26. The van der Waals surface area contributed by atoms with Crippen LogP contribution in [-0.2, 0) is 9.84 Å². The monoisotopic (exact) mass is 220 g/mol. The summed E-state index contributed by atoms with van der Waals surface area (Å²) in [4.78, 5) is 0.744. The van der Waals surface area contributed by atoms with E-state index in [0.29, 0.717) is 9.80 Å². The van der Waals surface area contributed by atoms with Crippen LogP contribution in [0.5, 0.6) is 0 Å². The molecule has 0 aliphatic heterocycles. The van der Waals surface area contributed by atoms with Gasteiger partial charge in [0.05, 0.1) is 9.80 Å². The lowest BCUT2D eigenvalue weighted by Gasteiger charge is -2.06. The van der Waals surface area contributed by atoms with Gasteiger partial charge in [-0.25, -0.2) is 8.42 Å². The first-order valence-corrected chi connectivity index (χ1v) is 6.29. The molecule has 0 amide bonds. The summed E-state index contributed by atoms with van der Waals surface area (Å²) in [5, 5.41) is 0. The second-order valence-electron chi connectivity index (χ2n) is 3.53. The summed E-state index contributed by atoms with van der Waals surface area (Å²) in [6, 6.07) is 8.48. The van der Waals surface area contributed by atoms with Crippen molar-refractivity contribution in [2.75, 3.05) is 0 Å². The van der Waals surface area contributed by atoms with E-state index in [4.69, 9.17) is 0 Å². The van der Waals surface area contributed by atoms with Crippen molar-refractivity contribution in [3.05, 3.63) is 53.5 Å². The van der Waals surface area contributed by atoms with Crippen LogP contribution >= 0.6 is 0 Å². The Morgan fingerprint density at radius 2 is 1.80 bits per heavy atom. The summed E-state index contributed by atoms with van der Waals surface area (Å²) >= 11 is 0. The van der Waals surface area contributed by atoms with E-state index < -0.39 is 9.84 Å². The van der Waals surface area contributed by atoms with Crippen molar-refractivity contribution in [2.45, 2.75) is 17.7 Å². The van der Waals surface area contributed by atoms with Gasteiger partial charge in [-0.2, -0.15) is 0 Å². The van der Waals surface area contributed by atoms with Gasteiger partial charge in [-0.15, -0.1) is 0 Å². The molecule has 1 aromatic carbocycles. The number of hydrogen-bond donors (Lipinski definition) is 0. The lowest BCUT2D eigenvalue weighted by Crippen LogP contribution is -2.04. The largest absolute Gasteiger partial charge is 0.219 e. The van der Waals surface area contributed by atoms with Crippen molar-refractivity contribution in [3.63, 3.8) is 0 Å². The zero-order valence-electron chi connectivity index (χ0n) is 8.31. The summed E-state index contributed by atoms with van der Waals surface area (Å²) in [5.41, 5.74) is 0.721. The maximum atomic E-state index is 12.1. The summed E-state index contributed by atoms with van der Waals surface area (Å²) in [5.74, 6) is 0. The molecule has 0 spiro atoms. The SMILES string of the molecule is C=C1CCC=C1S(=O)(=O)c1ccccc1. The van der Waals surface area contributed by atoms with Crippen molar-refractivity contribution in [3.8, 4) is 0 Å². The predicted molar refractivity (Wildman–Crippen MR) is 60.1 cm³/mol. The summed E-state index contributed by atoms with van der Waals surface area (Å²) in [6.45, 7) is 3.78. The van der Waals surface area contributed by atoms with Crippen LogP contribution in [0, 0.1) is 0 Å². The van der Waals surface area contributed by atoms with E-state index in [9.17, 15) is 8.42 Å². The smallest absolute Gasteiger partial charge is 0.206 e. The molecule has 0 saturated carbocycles. The molecule has 0 saturated heterocycles. The molecule has 3 heteroatoms. The fourth-order valence-electron chi connectivity index (χ4n) is 1.67. The Kier molecular flexibility index (Phi) is 2.49. The van der Waals surface area contributed by atoms with Gasteiger partial charge in [0.25, 0.3) is 0 Å². The molecule has 15 heavy (non-hydrogen) atoms. The fraction of sp³-hybridized carbons (Fsp3) is 0.167. The molecule has 78 valence electrons. The van der Waals surface area contributed by atoms with Gasteiger partial charge in [0.1, 0.15) is 0 Å². The highest BCUT2D eigenvalue weighted by Gasteiger charge is 2.24. The maximum absolute atomic E-state index is 12.1. The van der Waals surface area contributed by atoms with E-state index in [1.165, 1.54) is 0 Å². The zero-order valence-corrected chi connectivity index (χ0v) is 9.13. The Morgan fingerprint density at radius 3 is 2.33 bits per heavy atom. The number of rotatable bonds is 2. The normalized spacial score (nSPS) is 16.5. The minimum atomic E-state index is -3.33. The van der Waals surface area contributed by atoms with Gasteiger partial charge in [-0.3, -0.25) is 0 Å². The molecule has 0 fully saturated rings. The first-order valence-electron chi connectivity index (χ1n) is 4.81. The Balaban J connectivity index is 2.49. The number of benzene rings is 1. The Hall–Kier alpha value is -1.35. The minimum absolute atomic E-state index is 0.347. The third-order valence-corrected chi connectivity index (χ3v) is 4.39. The average Bonchev–Trinajstić information content (AvgIpc) is 2.66. The van der Waals surface area contributed by atoms with Crippen LogP contribution in [-0.4, -0.2) is 8.42 Å². The average molecular weight is 220 g/mol. The quantitative estimate of drug-likeness (QED) is 0.768. The van der Waals surface area contributed by atoms with Crippen molar-refractivity contribution >= 4 is 9.84 Å². The van der Waals surface area contributed by atoms with Gasteiger partial charge in [0.15, 0.2) is 0 Å². The third-order valence-electron chi connectivity index (χ3n) is 2.47. The van der Waals surface area contributed by atoms with E-state index in [1.54, 1.807) is 36.4 Å². The van der Waals surface area contributed by atoms with Crippen molar-refractivity contribution in [1.29, 1.82) is 0 Å². The van der Waals surface area contributed by atoms with E-state index >= 15 is 0 Å². The number of allylic oxidation sites excluding steroid dienone is 2. The molecule has 0 aromatic heterocycles. The molecule has 0 N–H and O–H groups in total. The van der Waals surface area contributed by atoms with Gasteiger partial charge >= 0.3 is 0 Å². The third kappa shape index (κ3) is 1.75. The van der Waals surface area contributed by atoms with E-state index in [0.717, 1.165) is 18.4 Å². The van der Waals surface area contributed by atoms with Crippen LogP contribution in [0.15, 0.2) is 58.4 Å². The van der Waals surface area contributed by atoms with Crippen LogP contribution in [0.2, 0.25) is 0 Å². The summed E-state index contributed by atoms with van der Waals surface area (Å²) in [7, 11) is -3.33. The first-order chi connectivity index (χ1) is 7.12. The van der Waals surface area contributed by atoms with Crippen LogP contribution < -0.4 is 0 Å². The molecule has 1 aliphatic carbocycles. The summed E-state index contributed by atoms with van der Waals surface area (Å²) < 4.78 is 24.2. The molecule has 2 nitrogen and oxygen atoms in total. The molecule has 0 heterocycles. The van der Waals surface area contributed by atoms with Gasteiger partial charge in [0, 0.05) is 0 Å². The molecule has 0 unspecified atom stereocenters. The standard InChI is InChI=1S/C12H12O2S/c1-10-6-5-9-12(10)15(13,14)11-7-3-2-4-8-11/h2-4,7-9H,1,5-6H2. The van der Waals surface area contributed by atoms with Gasteiger partial charge in [0.2, 0.25) is 9.84 Å². The van der Waals surface area contributed by atoms with Crippen molar-refractivity contribution in [2.24, 2.45) is 0 Å². The maximum Gasteiger partial charge on any atom is 0.206 e. The Morgan fingerprint density at radius 1 is 1.13 bits per heavy atom. The number of hydrogen-bond acceptors (Lipinski definition) is 2. The first kappa shape index (κ1) is 10.2. The van der Waals surface area contributed by atoms with Crippen molar-refractivity contribution < 1.29 is 8.42 Å². The van der Waals surface area contributed by atoms with Gasteiger partial charge in [-0.1, -0.05) is 30.9 Å². The Labute approximate surface area is 89.9 Å². The van der Waals surface area contributed by atoms with Crippen LogP contribution in [0.3, 0.4) is 0 Å². The summed E-state index contributed by atoms with van der Waals surface area (Å²) in [6.07, 6.45) is 3.28. The highest BCUT2D eigenvalue weighted by atomic mass is 32.2. The zero-order chi connectivity index (χ0) is 10.9. The highest BCUT2D eigenvalue weighted by Crippen LogP contribution is 2.31. The second kappa shape index (κ2) is 3.66. The van der Waals surface area contributed by atoms with Gasteiger partial charge in [-0.05, 0) is 30.5 Å². The van der Waals surface area contributed by atoms with Crippen LogP contribution in [0.4, 0.5) is 0 Å². The van der Waals surface area contributed by atoms with Crippen LogP contribution in [0.1, 0.15) is 12.8 Å².